The molecule has 6 nitrogen and oxygen atoms in total. The quantitative estimate of drug-likeness (QED) is 0.382. The van der Waals surface area contributed by atoms with Gasteiger partial charge in [0.25, 0.3) is 0 Å². The van der Waals surface area contributed by atoms with Crippen molar-refractivity contribution >= 4 is 35.1 Å². The smallest absolute Gasteiger partial charge is 0.411 e. The number of rotatable bonds is 7. The number of benzene rings is 3. The van der Waals surface area contributed by atoms with Gasteiger partial charge >= 0.3 is 6.09 Å². The van der Waals surface area contributed by atoms with Crippen LogP contribution in [0.2, 0.25) is 5.02 Å². The molecule has 2 heterocycles. The van der Waals surface area contributed by atoms with E-state index >= 15 is 0 Å². The van der Waals surface area contributed by atoms with Gasteiger partial charge in [0, 0.05) is 21.4 Å². The highest BCUT2D eigenvalue weighted by Gasteiger charge is 2.22. The van der Waals surface area contributed by atoms with Crippen LogP contribution in [0.5, 0.6) is 11.5 Å². The molecule has 0 aromatic heterocycles. The summed E-state index contributed by atoms with van der Waals surface area (Å²) in [6.07, 6.45) is 1.58. The minimum Gasteiger partial charge on any atom is -0.454 e. The second-order valence-electron chi connectivity index (χ2n) is 8.68. The van der Waals surface area contributed by atoms with Gasteiger partial charge in [0.05, 0.1) is 12.3 Å². The summed E-state index contributed by atoms with van der Waals surface area (Å²) in [7, 11) is 0. The SMILES string of the molecule is O=C(Nc1ccccc1Sc1ccc(Cl)cc1)OCC1CCN(Cc2ccc3c(c2)OCO3)CC1. The predicted octanol–water partition coefficient (Wildman–Crippen LogP) is 6.68. The maximum absolute atomic E-state index is 12.5. The van der Waals surface area contributed by atoms with E-state index in [1.54, 1.807) is 11.8 Å². The van der Waals surface area contributed by atoms with Gasteiger partial charge in [-0.15, -0.1) is 0 Å². The normalized spacial score (nSPS) is 15.7. The maximum Gasteiger partial charge on any atom is 0.411 e. The van der Waals surface area contributed by atoms with Crippen LogP contribution in [-0.2, 0) is 11.3 Å². The Kier molecular flexibility index (Phi) is 7.66. The number of carbonyl (C=O) groups is 1. The summed E-state index contributed by atoms with van der Waals surface area (Å²) < 4.78 is 16.5. The minimum absolute atomic E-state index is 0.296. The number of para-hydroxylation sites is 1. The van der Waals surface area contributed by atoms with E-state index in [0.29, 0.717) is 24.3 Å². The molecule has 0 saturated carbocycles. The van der Waals surface area contributed by atoms with Gasteiger partial charge in [0.2, 0.25) is 6.79 Å². The average molecular weight is 511 g/mol. The molecule has 182 valence electrons. The van der Waals surface area contributed by atoms with Crippen LogP contribution in [0.4, 0.5) is 10.5 Å². The zero-order valence-electron chi connectivity index (χ0n) is 19.2. The van der Waals surface area contributed by atoms with Crippen LogP contribution in [0, 0.1) is 5.92 Å². The van der Waals surface area contributed by atoms with Crippen LogP contribution in [0.15, 0.2) is 76.5 Å². The van der Waals surface area contributed by atoms with Crippen LogP contribution in [0.3, 0.4) is 0 Å². The highest BCUT2D eigenvalue weighted by atomic mass is 35.5. The van der Waals surface area contributed by atoms with Crippen molar-refractivity contribution in [3.63, 3.8) is 0 Å². The molecule has 0 bridgehead atoms. The van der Waals surface area contributed by atoms with Crippen LogP contribution < -0.4 is 14.8 Å². The number of nitrogens with zero attached hydrogens (tertiary/aromatic N) is 1. The number of hydrogen-bond acceptors (Lipinski definition) is 6. The molecule has 0 unspecified atom stereocenters. The third-order valence-electron chi connectivity index (χ3n) is 6.17. The molecule has 1 saturated heterocycles. The molecular formula is C27H27ClN2O4S. The van der Waals surface area contributed by atoms with Gasteiger partial charge in [-0.1, -0.05) is 41.6 Å². The van der Waals surface area contributed by atoms with Crippen molar-refractivity contribution < 1.29 is 19.0 Å². The first-order valence-corrected chi connectivity index (χ1v) is 12.9. The Morgan fingerprint density at radius 3 is 2.63 bits per heavy atom. The first-order valence-electron chi connectivity index (χ1n) is 11.7. The molecule has 0 radical (unpaired) electrons. The Hall–Kier alpha value is -2.87. The highest BCUT2D eigenvalue weighted by molar-refractivity contribution is 7.99. The maximum atomic E-state index is 12.5. The molecule has 2 aliphatic heterocycles. The summed E-state index contributed by atoms with van der Waals surface area (Å²) in [5.74, 6) is 2.01. The Morgan fingerprint density at radius 2 is 1.80 bits per heavy atom. The standard InChI is InChI=1S/C27H27ClN2O4S/c28-21-6-8-22(9-7-21)35-26-4-2-1-3-23(26)29-27(31)32-17-19-11-13-30(14-12-19)16-20-5-10-24-25(15-20)34-18-33-24/h1-10,15,19H,11-14,16-18H2,(H,29,31). The van der Waals surface area contributed by atoms with Gasteiger partial charge in [-0.2, -0.15) is 0 Å². The highest BCUT2D eigenvalue weighted by Crippen LogP contribution is 2.35. The van der Waals surface area contributed by atoms with Gasteiger partial charge in [-0.3, -0.25) is 10.2 Å². The van der Waals surface area contributed by atoms with E-state index in [1.165, 1.54) is 5.56 Å². The lowest BCUT2D eigenvalue weighted by atomic mass is 9.97. The van der Waals surface area contributed by atoms with E-state index in [2.05, 4.69) is 22.3 Å². The Morgan fingerprint density at radius 1 is 1.03 bits per heavy atom. The number of likely N-dealkylation sites (tertiary alicyclic amines) is 1. The molecule has 0 atom stereocenters. The molecular weight excluding hydrogens is 484 g/mol. The summed E-state index contributed by atoms with van der Waals surface area (Å²) in [6.45, 7) is 3.56. The second kappa shape index (κ2) is 11.2. The van der Waals surface area contributed by atoms with Crippen molar-refractivity contribution in [2.24, 2.45) is 5.92 Å². The van der Waals surface area contributed by atoms with E-state index in [-0.39, 0.29) is 0 Å². The van der Waals surface area contributed by atoms with Gasteiger partial charge in [0.15, 0.2) is 11.5 Å². The number of anilines is 1. The number of hydrogen-bond donors (Lipinski definition) is 1. The number of piperidine rings is 1. The Balaban J connectivity index is 1.07. The number of amides is 1. The number of ether oxygens (including phenoxy) is 3. The molecule has 3 aromatic carbocycles. The van der Waals surface area contributed by atoms with Gasteiger partial charge in [-0.05, 0) is 85.9 Å². The lowest BCUT2D eigenvalue weighted by Crippen LogP contribution is -2.35. The molecule has 1 amide bonds. The van der Waals surface area contributed by atoms with Crippen LogP contribution in [0.1, 0.15) is 18.4 Å². The zero-order valence-corrected chi connectivity index (χ0v) is 20.8. The number of carbonyl (C=O) groups excluding carboxylic acids is 1. The largest absolute Gasteiger partial charge is 0.454 e. The fraction of sp³-hybridized carbons (Fsp3) is 0.296. The van der Waals surface area contributed by atoms with Crippen molar-refractivity contribution in [2.45, 2.75) is 29.2 Å². The van der Waals surface area contributed by atoms with Crippen LogP contribution in [0.25, 0.3) is 0 Å². The fourth-order valence-corrected chi connectivity index (χ4v) is 5.26. The minimum atomic E-state index is -0.419. The Labute approximate surface area is 214 Å². The second-order valence-corrected chi connectivity index (χ2v) is 10.2. The summed E-state index contributed by atoms with van der Waals surface area (Å²) >= 11 is 7.55. The van der Waals surface area contributed by atoms with Gasteiger partial charge in [0.1, 0.15) is 0 Å². The number of halogens is 1. The third kappa shape index (κ3) is 6.42. The van der Waals surface area contributed by atoms with E-state index in [0.717, 1.165) is 59.5 Å². The monoisotopic (exact) mass is 510 g/mol. The average Bonchev–Trinajstić information content (AvgIpc) is 3.34. The zero-order chi connectivity index (χ0) is 24.0. The van der Waals surface area contributed by atoms with Crippen molar-refractivity contribution in [2.75, 3.05) is 31.8 Å². The van der Waals surface area contributed by atoms with E-state index < -0.39 is 6.09 Å². The van der Waals surface area contributed by atoms with E-state index in [1.807, 2.05) is 54.6 Å². The molecule has 1 fully saturated rings. The van der Waals surface area contributed by atoms with Crippen LogP contribution in [-0.4, -0.2) is 37.5 Å². The third-order valence-corrected chi connectivity index (χ3v) is 7.50. The fourth-order valence-electron chi connectivity index (χ4n) is 4.24. The topological polar surface area (TPSA) is 60.0 Å². The lowest BCUT2D eigenvalue weighted by Gasteiger charge is -2.31. The Bertz CT molecular complexity index is 1170. The molecule has 2 aliphatic rings. The summed E-state index contributed by atoms with van der Waals surface area (Å²) in [5.41, 5.74) is 1.95. The van der Waals surface area contributed by atoms with Crippen LogP contribution >= 0.6 is 23.4 Å². The van der Waals surface area contributed by atoms with Gasteiger partial charge in [-0.25, -0.2) is 4.79 Å². The number of nitrogens with one attached hydrogen (secondary N) is 1. The molecule has 1 N–H and O–H groups in total. The molecule has 0 spiro atoms. The summed E-state index contributed by atoms with van der Waals surface area (Å²) in [4.78, 5) is 16.9. The summed E-state index contributed by atoms with van der Waals surface area (Å²) in [5, 5.41) is 3.60. The van der Waals surface area contributed by atoms with E-state index in [4.69, 9.17) is 25.8 Å². The van der Waals surface area contributed by atoms with Crippen molar-refractivity contribution in [1.29, 1.82) is 0 Å². The first kappa shape index (κ1) is 23.9. The molecule has 8 heteroatoms. The molecule has 35 heavy (non-hydrogen) atoms. The first-order chi connectivity index (χ1) is 17.1. The number of fused-ring (bicyclic) bond motifs is 1. The lowest BCUT2D eigenvalue weighted by molar-refractivity contribution is 0.102. The van der Waals surface area contributed by atoms with Crippen molar-refractivity contribution in [3.05, 3.63) is 77.3 Å². The van der Waals surface area contributed by atoms with Gasteiger partial charge < -0.3 is 14.2 Å². The van der Waals surface area contributed by atoms with E-state index in [9.17, 15) is 4.79 Å². The molecule has 3 aromatic rings. The van der Waals surface area contributed by atoms with Crippen molar-refractivity contribution in [1.82, 2.24) is 4.90 Å². The predicted molar refractivity (Wildman–Crippen MR) is 138 cm³/mol. The molecule has 0 aliphatic carbocycles. The molecule has 5 rings (SSSR count). The van der Waals surface area contributed by atoms with Crippen molar-refractivity contribution in [3.8, 4) is 11.5 Å². The summed E-state index contributed by atoms with van der Waals surface area (Å²) in [6, 6.07) is 21.5.